The minimum atomic E-state index is -0.509. The summed E-state index contributed by atoms with van der Waals surface area (Å²) in [4.78, 5) is 14.3. The highest BCUT2D eigenvalue weighted by Gasteiger charge is 2.44. The molecule has 1 saturated heterocycles. The Labute approximate surface area is 146 Å². The lowest BCUT2D eigenvalue weighted by Gasteiger charge is -2.44. The first kappa shape index (κ1) is 16.1. The number of carbonyl (C=O) groups excluding carboxylic acids is 1. The topological polar surface area (TPSA) is 41.6 Å². The molecule has 1 N–H and O–H groups in total. The van der Waals surface area contributed by atoms with Gasteiger partial charge in [-0.05, 0) is 30.2 Å². The zero-order valence-electron chi connectivity index (χ0n) is 14.0. The van der Waals surface area contributed by atoms with Crippen molar-refractivity contribution in [2.45, 2.75) is 24.9 Å². The number of piperidine rings is 1. The average Bonchev–Trinajstić information content (AvgIpc) is 2.62. The minimum Gasteiger partial charge on any atom is -0.438 e. The molecule has 130 valence electrons. The van der Waals surface area contributed by atoms with Crippen molar-refractivity contribution in [3.8, 4) is 0 Å². The second-order valence-corrected chi connectivity index (χ2v) is 6.77. The van der Waals surface area contributed by atoms with Gasteiger partial charge < -0.3 is 9.64 Å². The van der Waals surface area contributed by atoms with Crippen LogP contribution in [-0.4, -0.2) is 30.6 Å². The smallest absolute Gasteiger partial charge is 0.412 e. The fourth-order valence-corrected chi connectivity index (χ4v) is 3.80. The Balaban J connectivity index is 1.41. The SMILES string of the molecule is O=C1Nc2ccccc2C2(CCN(CCc3ccc(F)cc3)CC2)O1. The number of anilines is 1. The summed E-state index contributed by atoms with van der Waals surface area (Å²) in [6.07, 6.45) is 2.12. The van der Waals surface area contributed by atoms with E-state index in [4.69, 9.17) is 4.74 Å². The van der Waals surface area contributed by atoms with E-state index in [-0.39, 0.29) is 11.9 Å². The number of carbonyl (C=O) groups is 1. The van der Waals surface area contributed by atoms with Crippen molar-refractivity contribution >= 4 is 11.8 Å². The van der Waals surface area contributed by atoms with Crippen LogP contribution in [0.4, 0.5) is 14.9 Å². The van der Waals surface area contributed by atoms with Crippen LogP contribution in [0.1, 0.15) is 24.0 Å². The quantitative estimate of drug-likeness (QED) is 0.921. The molecule has 0 unspecified atom stereocenters. The first-order valence-electron chi connectivity index (χ1n) is 8.71. The van der Waals surface area contributed by atoms with Crippen molar-refractivity contribution < 1.29 is 13.9 Å². The molecule has 1 fully saturated rings. The largest absolute Gasteiger partial charge is 0.438 e. The van der Waals surface area contributed by atoms with Gasteiger partial charge in [0.1, 0.15) is 11.4 Å². The fraction of sp³-hybridized carbons (Fsp3) is 0.350. The van der Waals surface area contributed by atoms with Gasteiger partial charge >= 0.3 is 6.09 Å². The molecule has 0 atom stereocenters. The molecule has 4 rings (SSSR count). The predicted molar refractivity (Wildman–Crippen MR) is 94.0 cm³/mol. The highest BCUT2D eigenvalue weighted by molar-refractivity contribution is 5.88. The lowest BCUT2D eigenvalue weighted by Crippen LogP contribution is -2.48. The van der Waals surface area contributed by atoms with E-state index < -0.39 is 5.60 Å². The van der Waals surface area contributed by atoms with Crippen molar-refractivity contribution in [2.75, 3.05) is 25.0 Å². The van der Waals surface area contributed by atoms with Crippen molar-refractivity contribution in [3.05, 3.63) is 65.5 Å². The maximum atomic E-state index is 13.0. The molecule has 0 saturated carbocycles. The molecule has 1 spiro atoms. The maximum absolute atomic E-state index is 13.0. The molecule has 2 aliphatic heterocycles. The van der Waals surface area contributed by atoms with Crippen molar-refractivity contribution in [2.24, 2.45) is 0 Å². The molecule has 0 bridgehead atoms. The Bertz CT molecular complexity index is 768. The van der Waals surface area contributed by atoms with Crippen LogP contribution in [0.3, 0.4) is 0 Å². The van der Waals surface area contributed by atoms with Gasteiger partial charge in [0.25, 0.3) is 0 Å². The fourth-order valence-electron chi connectivity index (χ4n) is 3.80. The number of amides is 1. The van der Waals surface area contributed by atoms with Gasteiger partial charge in [-0.25, -0.2) is 9.18 Å². The molecule has 2 aromatic rings. The number of benzene rings is 2. The number of ether oxygens (including phenoxy) is 1. The summed E-state index contributed by atoms with van der Waals surface area (Å²) in [5, 5.41) is 2.79. The Morgan fingerprint density at radius 2 is 1.80 bits per heavy atom. The van der Waals surface area contributed by atoms with Gasteiger partial charge in [0.05, 0.1) is 5.69 Å². The normalized spacial score (nSPS) is 19.2. The monoisotopic (exact) mass is 340 g/mol. The van der Waals surface area contributed by atoms with E-state index in [1.807, 2.05) is 36.4 Å². The molecule has 0 radical (unpaired) electrons. The van der Waals surface area contributed by atoms with E-state index in [2.05, 4.69) is 10.2 Å². The van der Waals surface area contributed by atoms with Crippen LogP contribution in [0.5, 0.6) is 0 Å². The van der Waals surface area contributed by atoms with Crippen LogP contribution in [-0.2, 0) is 16.8 Å². The summed E-state index contributed by atoms with van der Waals surface area (Å²) >= 11 is 0. The third-order valence-corrected chi connectivity index (χ3v) is 5.24. The van der Waals surface area contributed by atoms with E-state index in [1.54, 1.807) is 0 Å². The van der Waals surface area contributed by atoms with Crippen LogP contribution in [0.15, 0.2) is 48.5 Å². The van der Waals surface area contributed by atoms with Crippen molar-refractivity contribution in [1.82, 2.24) is 4.90 Å². The number of fused-ring (bicyclic) bond motifs is 2. The molecule has 0 aliphatic carbocycles. The van der Waals surface area contributed by atoms with Gasteiger partial charge in [0.2, 0.25) is 0 Å². The molecule has 0 aromatic heterocycles. The Kier molecular flexibility index (Phi) is 4.17. The zero-order valence-corrected chi connectivity index (χ0v) is 14.0. The summed E-state index contributed by atoms with van der Waals surface area (Å²) in [5.41, 5.74) is 2.57. The molecule has 25 heavy (non-hydrogen) atoms. The number of nitrogens with one attached hydrogen (secondary N) is 1. The minimum absolute atomic E-state index is 0.199. The van der Waals surface area contributed by atoms with E-state index >= 15 is 0 Å². The summed E-state index contributed by atoms with van der Waals surface area (Å²) in [7, 11) is 0. The Morgan fingerprint density at radius 1 is 1.08 bits per heavy atom. The second-order valence-electron chi connectivity index (χ2n) is 6.77. The molecule has 1 amide bonds. The number of likely N-dealkylation sites (tertiary alicyclic amines) is 1. The van der Waals surface area contributed by atoms with Gasteiger partial charge in [-0.1, -0.05) is 30.3 Å². The van der Waals surface area contributed by atoms with E-state index in [0.717, 1.165) is 55.7 Å². The number of rotatable bonds is 3. The Hall–Kier alpha value is -2.40. The van der Waals surface area contributed by atoms with Crippen LogP contribution < -0.4 is 5.32 Å². The third kappa shape index (κ3) is 3.24. The summed E-state index contributed by atoms with van der Waals surface area (Å²) in [6.45, 7) is 2.68. The highest BCUT2D eigenvalue weighted by atomic mass is 19.1. The lowest BCUT2D eigenvalue weighted by molar-refractivity contribution is -0.0375. The number of nitrogens with zero attached hydrogens (tertiary/aromatic N) is 1. The molecule has 2 aromatic carbocycles. The lowest BCUT2D eigenvalue weighted by atomic mass is 9.82. The standard InChI is InChI=1S/C20H21FN2O2/c21-16-7-5-15(6-8-16)9-12-23-13-10-20(11-14-23)17-3-1-2-4-18(17)22-19(24)25-20/h1-8H,9-14H2,(H,22,24). The molecular weight excluding hydrogens is 319 g/mol. The van der Waals surface area contributed by atoms with Crippen molar-refractivity contribution in [3.63, 3.8) is 0 Å². The van der Waals surface area contributed by atoms with Crippen LogP contribution >= 0.6 is 0 Å². The van der Waals surface area contributed by atoms with Crippen LogP contribution in [0.25, 0.3) is 0 Å². The molecule has 4 nitrogen and oxygen atoms in total. The van der Waals surface area contributed by atoms with E-state index in [9.17, 15) is 9.18 Å². The van der Waals surface area contributed by atoms with Crippen molar-refractivity contribution in [1.29, 1.82) is 0 Å². The first-order valence-corrected chi connectivity index (χ1v) is 8.71. The molecule has 2 heterocycles. The van der Waals surface area contributed by atoms with Gasteiger partial charge in [0, 0.05) is 38.0 Å². The number of halogens is 1. The van der Waals surface area contributed by atoms with Crippen LogP contribution in [0, 0.1) is 5.82 Å². The van der Waals surface area contributed by atoms with E-state index in [0.29, 0.717) is 0 Å². The first-order chi connectivity index (χ1) is 12.1. The number of hydrogen-bond donors (Lipinski definition) is 1. The maximum Gasteiger partial charge on any atom is 0.412 e. The predicted octanol–water partition coefficient (Wildman–Crippen LogP) is 3.92. The number of para-hydroxylation sites is 1. The van der Waals surface area contributed by atoms with E-state index in [1.165, 1.54) is 12.1 Å². The molecule has 5 heteroatoms. The average molecular weight is 340 g/mol. The van der Waals surface area contributed by atoms with Gasteiger partial charge in [0.15, 0.2) is 0 Å². The Morgan fingerprint density at radius 3 is 2.56 bits per heavy atom. The van der Waals surface area contributed by atoms with Gasteiger partial charge in [-0.3, -0.25) is 5.32 Å². The summed E-state index contributed by atoms with van der Waals surface area (Å²) in [6, 6.07) is 14.6. The third-order valence-electron chi connectivity index (χ3n) is 5.24. The zero-order chi connectivity index (χ0) is 17.3. The molecule has 2 aliphatic rings. The van der Waals surface area contributed by atoms with Crippen LogP contribution in [0.2, 0.25) is 0 Å². The van der Waals surface area contributed by atoms with Gasteiger partial charge in [-0.2, -0.15) is 0 Å². The highest BCUT2D eigenvalue weighted by Crippen LogP contribution is 2.43. The van der Waals surface area contributed by atoms with Gasteiger partial charge in [-0.15, -0.1) is 0 Å². The summed E-state index contributed by atoms with van der Waals surface area (Å²) in [5.74, 6) is -0.199. The number of hydrogen-bond acceptors (Lipinski definition) is 3. The second kappa shape index (κ2) is 6.48. The molecular formula is C20H21FN2O2. The summed E-state index contributed by atoms with van der Waals surface area (Å²) < 4.78 is 18.7.